The highest BCUT2D eigenvalue weighted by atomic mass is 79.9. The molecule has 0 aliphatic carbocycles. The van der Waals surface area contributed by atoms with Crippen molar-refractivity contribution in [1.29, 1.82) is 0 Å². The standard InChI is InChI=1S/C15H9Br2NO/c16-10-6-7-12-11(8-10)15(19)13(17)14(18-12)9-4-2-1-3-5-9/h1-8H,(H,18,19). The summed E-state index contributed by atoms with van der Waals surface area (Å²) in [6.07, 6.45) is 0. The number of H-pyrrole nitrogens is 1. The third-order valence-corrected chi connectivity index (χ3v) is 4.22. The van der Waals surface area contributed by atoms with Gasteiger partial charge in [-0.25, -0.2) is 0 Å². The number of nitrogens with one attached hydrogen (secondary N) is 1. The minimum Gasteiger partial charge on any atom is -0.353 e. The Morgan fingerprint density at radius 2 is 1.68 bits per heavy atom. The third kappa shape index (κ3) is 2.26. The minimum atomic E-state index is -0.00565. The molecule has 0 aliphatic rings. The molecule has 0 unspecified atom stereocenters. The largest absolute Gasteiger partial charge is 0.353 e. The van der Waals surface area contributed by atoms with Crippen LogP contribution in [0.5, 0.6) is 0 Å². The third-order valence-electron chi connectivity index (χ3n) is 2.97. The molecular formula is C15H9Br2NO. The van der Waals surface area contributed by atoms with E-state index in [2.05, 4.69) is 36.8 Å². The Kier molecular flexibility index (Phi) is 3.29. The molecule has 19 heavy (non-hydrogen) atoms. The fourth-order valence-corrected chi connectivity index (χ4v) is 2.94. The van der Waals surface area contributed by atoms with E-state index in [1.54, 1.807) is 0 Å². The second-order valence-electron chi connectivity index (χ2n) is 4.20. The normalized spacial score (nSPS) is 10.8. The first-order valence-electron chi connectivity index (χ1n) is 5.73. The highest BCUT2D eigenvalue weighted by Crippen LogP contribution is 2.26. The summed E-state index contributed by atoms with van der Waals surface area (Å²) in [6, 6.07) is 15.4. The first kappa shape index (κ1) is 12.6. The van der Waals surface area contributed by atoms with E-state index in [9.17, 15) is 4.79 Å². The molecule has 1 heterocycles. The lowest BCUT2D eigenvalue weighted by Crippen LogP contribution is -2.06. The van der Waals surface area contributed by atoms with Crippen molar-refractivity contribution >= 4 is 42.8 Å². The maximum Gasteiger partial charge on any atom is 0.204 e. The van der Waals surface area contributed by atoms with Gasteiger partial charge in [-0.05, 0) is 39.7 Å². The van der Waals surface area contributed by atoms with Gasteiger partial charge >= 0.3 is 0 Å². The van der Waals surface area contributed by atoms with Crippen LogP contribution in [0.4, 0.5) is 0 Å². The summed E-state index contributed by atoms with van der Waals surface area (Å²) < 4.78 is 1.45. The highest BCUT2D eigenvalue weighted by molar-refractivity contribution is 9.10. The highest BCUT2D eigenvalue weighted by Gasteiger charge is 2.11. The number of hydrogen-bond acceptors (Lipinski definition) is 1. The van der Waals surface area contributed by atoms with E-state index in [0.717, 1.165) is 21.2 Å². The van der Waals surface area contributed by atoms with Crippen LogP contribution in [-0.2, 0) is 0 Å². The fourth-order valence-electron chi connectivity index (χ4n) is 2.04. The Morgan fingerprint density at radius 3 is 2.42 bits per heavy atom. The molecule has 0 fully saturated rings. The van der Waals surface area contributed by atoms with Gasteiger partial charge in [0.2, 0.25) is 5.43 Å². The van der Waals surface area contributed by atoms with Crippen LogP contribution < -0.4 is 5.43 Å². The molecule has 3 rings (SSSR count). The van der Waals surface area contributed by atoms with Gasteiger partial charge < -0.3 is 4.98 Å². The lowest BCUT2D eigenvalue weighted by atomic mass is 10.1. The minimum absolute atomic E-state index is 0.00565. The molecule has 2 nitrogen and oxygen atoms in total. The van der Waals surface area contributed by atoms with Crippen molar-refractivity contribution in [3.8, 4) is 11.3 Å². The summed E-state index contributed by atoms with van der Waals surface area (Å²) in [5.74, 6) is 0. The van der Waals surface area contributed by atoms with E-state index >= 15 is 0 Å². The van der Waals surface area contributed by atoms with Crippen LogP contribution in [0, 0.1) is 0 Å². The molecular weight excluding hydrogens is 370 g/mol. The molecule has 0 aliphatic heterocycles. The van der Waals surface area contributed by atoms with Crippen molar-refractivity contribution in [3.05, 3.63) is 67.7 Å². The number of hydrogen-bond donors (Lipinski definition) is 1. The Morgan fingerprint density at radius 1 is 0.947 bits per heavy atom. The van der Waals surface area contributed by atoms with Crippen molar-refractivity contribution in [2.24, 2.45) is 0 Å². The summed E-state index contributed by atoms with van der Waals surface area (Å²) in [4.78, 5) is 15.7. The molecule has 1 aromatic heterocycles. The number of benzene rings is 2. The lowest BCUT2D eigenvalue weighted by molar-refractivity contribution is 1.35. The maximum absolute atomic E-state index is 12.4. The molecule has 0 atom stereocenters. The quantitative estimate of drug-likeness (QED) is 0.652. The van der Waals surface area contributed by atoms with Crippen molar-refractivity contribution in [1.82, 2.24) is 4.98 Å². The molecule has 1 N–H and O–H groups in total. The fraction of sp³-hybridized carbons (Fsp3) is 0. The van der Waals surface area contributed by atoms with Gasteiger partial charge in [0.05, 0.1) is 10.2 Å². The van der Waals surface area contributed by atoms with E-state index in [1.165, 1.54) is 0 Å². The second-order valence-corrected chi connectivity index (χ2v) is 5.91. The number of aromatic amines is 1. The van der Waals surface area contributed by atoms with Crippen LogP contribution in [0.1, 0.15) is 0 Å². The summed E-state index contributed by atoms with van der Waals surface area (Å²) in [5.41, 5.74) is 2.61. The first-order chi connectivity index (χ1) is 9.16. The van der Waals surface area contributed by atoms with E-state index in [-0.39, 0.29) is 5.43 Å². The molecule has 0 saturated carbocycles. The molecule has 2 aromatic carbocycles. The summed E-state index contributed by atoms with van der Waals surface area (Å²) in [6.45, 7) is 0. The molecule has 0 saturated heterocycles. The predicted octanol–water partition coefficient (Wildman–Crippen LogP) is 4.72. The van der Waals surface area contributed by atoms with Gasteiger partial charge in [-0.1, -0.05) is 46.3 Å². The number of halogens is 2. The number of pyridine rings is 1. The second kappa shape index (κ2) is 4.94. The average Bonchev–Trinajstić information content (AvgIpc) is 2.44. The molecule has 0 radical (unpaired) electrons. The van der Waals surface area contributed by atoms with Crippen LogP contribution in [-0.4, -0.2) is 4.98 Å². The smallest absolute Gasteiger partial charge is 0.204 e. The number of rotatable bonds is 1. The van der Waals surface area contributed by atoms with Crippen LogP contribution in [0.15, 0.2) is 62.3 Å². The Hall–Kier alpha value is -1.39. The summed E-state index contributed by atoms with van der Waals surface area (Å²) in [5, 5.41) is 0.668. The summed E-state index contributed by atoms with van der Waals surface area (Å²) >= 11 is 6.79. The van der Waals surface area contributed by atoms with Crippen molar-refractivity contribution < 1.29 is 0 Å². The van der Waals surface area contributed by atoms with Crippen molar-refractivity contribution in [3.63, 3.8) is 0 Å². The van der Waals surface area contributed by atoms with Crippen molar-refractivity contribution in [2.45, 2.75) is 0 Å². The molecule has 4 heteroatoms. The molecule has 0 bridgehead atoms. The average molecular weight is 379 g/mol. The van der Waals surface area contributed by atoms with E-state index in [0.29, 0.717) is 9.86 Å². The van der Waals surface area contributed by atoms with E-state index < -0.39 is 0 Å². The Balaban J connectivity index is 2.37. The van der Waals surface area contributed by atoms with Gasteiger partial charge in [-0.2, -0.15) is 0 Å². The van der Waals surface area contributed by atoms with Gasteiger partial charge in [0, 0.05) is 15.4 Å². The van der Waals surface area contributed by atoms with Crippen molar-refractivity contribution in [2.75, 3.05) is 0 Å². The Bertz CT molecular complexity index is 809. The zero-order valence-corrected chi connectivity index (χ0v) is 13.0. The van der Waals surface area contributed by atoms with Gasteiger partial charge in [0.15, 0.2) is 0 Å². The van der Waals surface area contributed by atoms with Gasteiger partial charge in [-0.15, -0.1) is 0 Å². The van der Waals surface area contributed by atoms with Crippen LogP contribution >= 0.6 is 31.9 Å². The number of aromatic nitrogens is 1. The van der Waals surface area contributed by atoms with Crippen LogP contribution in [0.2, 0.25) is 0 Å². The zero-order chi connectivity index (χ0) is 13.4. The monoisotopic (exact) mass is 377 g/mol. The molecule has 94 valence electrons. The molecule has 3 aromatic rings. The topological polar surface area (TPSA) is 32.9 Å². The molecule has 0 spiro atoms. The SMILES string of the molecule is O=c1c(Br)c(-c2ccccc2)[nH]c2ccc(Br)cc12. The van der Waals surface area contributed by atoms with E-state index in [4.69, 9.17) is 0 Å². The maximum atomic E-state index is 12.4. The van der Waals surface area contributed by atoms with Gasteiger partial charge in [0.25, 0.3) is 0 Å². The number of fused-ring (bicyclic) bond motifs is 1. The van der Waals surface area contributed by atoms with Gasteiger partial charge in [-0.3, -0.25) is 4.79 Å². The van der Waals surface area contributed by atoms with E-state index in [1.807, 2.05) is 48.5 Å². The lowest BCUT2D eigenvalue weighted by Gasteiger charge is -2.07. The summed E-state index contributed by atoms with van der Waals surface area (Å²) in [7, 11) is 0. The van der Waals surface area contributed by atoms with Gasteiger partial charge in [0.1, 0.15) is 0 Å². The van der Waals surface area contributed by atoms with Crippen LogP contribution in [0.25, 0.3) is 22.2 Å². The Labute approximate surface area is 126 Å². The predicted molar refractivity (Wildman–Crippen MR) is 85.4 cm³/mol. The van der Waals surface area contributed by atoms with Crippen LogP contribution in [0.3, 0.4) is 0 Å². The zero-order valence-electron chi connectivity index (χ0n) is 9.78. The first-order valence-corrected chi connectivity index (χ1v) is 7.32. The molecule has 0 amide bonds.